The molecule has 0 saturated carbocycles. The first-order valence-electron chi connectivity index (χ1n) is 4.85. The molecule has 0 radical (unpaired) electrons. The molecule has 0 aliphatic carbocycles. The Hall–Kier alpha value is -1.88. The third-order valence-electron chi connectivity index (χ3n) is 2.21. The zero-order valence-corrected chi connectivity index (χ0v) is 10.3. The average Bonchev–Trinajstić information content (AvgIpc) is 2.32. The van der Waals surface area contributed by atoms with Crippen LogP contribution in [0.25, 0.3) is 11.1 Å². The third-order valence-corrected chi connectivity index (χ3v) is 2.81. The molecule has 1 aromatic carbocycles. The number of amides is 1. The van der Waals surface area contributed by atoms with Gasteiger partial charge in [0.05, 0.1) is 10.2 Å². The van der Waals surface area contributed by atoms with Gasteiger partial charge in [-0.25, -0.2) is 0 Å². The van der Waals surface area contributed by atoms with E-state index in [0.717, 1.165) is 5.56 Å². The number of hydrogen-bond acceptors (Lipinski definition) is 3. The summed E-state index contributed by atoms with van der Waals surface area (Å²) in [6.45, 7) is 0. The van der Waals surface area contributed by atoms with Crippen LogP contribution >= 0.6 is 15.9 Å². The van der Waals surface area contributed by atoms with Gasteiger partial charge in [0.1, 0.15) is 6.09 Å². The number of carbonyl (C=O) groups is 1. The van der Waals surface area contributed by atoms with E-state index in [4.69, 9.17) is 0 Å². The lowest BCUT2D eigenvalue weighted by atomic mass is 10.1. The highest BCUT2D eigenvalue weighted by molar-refractivity contribution is 9.10. The number of halogens is 1. The van der Waals surface area contributed by atoms with Crippen LogP contribution in [-0.2, 0) is 0 Å². The van der Waals surface area contributed by atoms with Crippen molar-refractivity contribution in [3.8, 4) is 11.1 Å². The zero-order valence-electron chi connectivity index (χ0n) is 8.68. The van der Waals surface area contributed by atoms with Crippen molar-refractivity contribution in [2.75, 3.05) is 5.32 Å². The van der Waals surface area contributed by atoms with Crippen LogP contribution in [0, 0.1) is 0 Å². The molecule has 0 aliphatic heterocycles. The Bertz CT molecular complexity index is 543. The fourth-order valence-corrected chi connectivity index (χ4v) is 1.93. The Morgan fingerprint density at radius 1 is 1.24 bits per heavy atom. The second-order valence-corrected chi connectivity index (χ2v) is 4.18. The van der Waals surface area contributed by atoms with E-state index in [0.29, 0.717) is 15.7 Å². The van der Waals surface area contributed by atoms with Crippen molar-refractivity contribution in [2.45, 2.75) is 0 Å². The van der Waals surface area contributed by atoms with Gasteiger partial charge >= 0.3 is 0 Å². The molecule has 0 spiro atoms. The Labute approximate surface area is 106 Å². The lowest BCUT2D eigenvalue weighted by Crippen LogP contribution is -2.29. The van der Waals surface area contributed by atoms with Crippen molar-refractivity contribution in [2.24, 2.45) is 0 Å². The van der Waals surface area contributed by atoms with Crippen molar-refractivity contribution in [3.63, 3.8) is 0 Å². The SMILES string of the molecule is O=C([O-])Nc1c(Br)cncc1-c1ccccc1. The van der Waals surface area contributed by atoms with Gasteiger partial charge in [-0.3, -0.25) is 4.98 Å². The highest BCUT2D eigenvalue weighted by atomic mass is 79.9. The second kappa shape index (κ2) is 4.97. The van der Waals surface area contributed by atoms with Crippen molar-refractivity contribution in [3.05, 3.63) is 47.2 Å². The van der Waals surface area contributed by atoms with Crippen molar-refractivity contribution in [1.82, 2.24) is 4.98 Å². The van der Waals surface area contributed by atoms with Crippen LogP contribution in [0.1, 0.15) is 0 Å². The van der Waals surface area contributed by atoms with Gasteiger partial charge < -0.3 is 15.2 Å². The number of aromatic nitrogens is 1. The minimum Gasteiger partial charge on any atom is -0.530 e. The number of carboxylic acid groups (broad SMARTS) is 1. The Kier molecular flexibility index (Phi) is 3.39. The maximum absolute atomic E-state index is 10.6. The van der Waals surface area contributed by atoms with Gasteiger partial charge in [-0.2, -0.15) is 0 Å². The number of pyridine rings is 1. The topological polar surface area (TPSA) is 65.0 Å². The molecule has 1 heterocycles. The first-order valence-corrected chi connectivity index (χ1v) is 5.64. The molecule has 1 aromatic heterocycles. The third kappa shape index (κ3) is 2.62. The number of nitrogens with zero attached hydrogens (tertiary/aromatic N) is 1. The zero-order chi connectivity index (χ0) is 12.3. The van der Waals surface area contributed by atoms with E-state index in [1.54, 1.807) is 6.20 Å². The summed E-state index contributed by atoms with van der Waals surface area (Å²) in [7, 11) is 0. The summed E-state index contributed by atoms with van der Waals surface area (Å²) in [6, 6.07) is 9.40. The van der Waals surface area contributed by atoms with Gasteiger partial charge in [-0.05, 0) is 21.5 Å². The van der Waals surface area contributed by atoms with Crippen LogP contribution in [0.5, 0.6) is 0 Å². The fourth-order valence-electron chi connectivity index (χ4n) is 1.50. The van der Waals surface area contributed by atoms with Gasteiger partial charge in [0, 0.05) is 18.0 Å². The van der Waals surface area contributed by atoms with Crippen LogP contribution in [0.15, 0.2) is 47.2 Å². The first kappa shape index (κ1) is 11.6. The summed E-state index contributed by atoms with van der Waals surface area (Å²) in [6.07, 6.45) is 1.78. The molecule has 0 aliphatic rings. The predicted molar refractivity (Wildman–Crippen MR) is 66.4 cm³/mol. The summed E-state index contributed by atoms with van der Waals surface area (Å²) in [5.41, 5.74) is 2.01. The molecule has 1 N–H and O–H groups in total. The summed E-state index contributed by atoms with van der Waals surface area (Å²) >= 11 is 3.26. The van der Waals surface area contributed by atoms with Gasteiger partial charge in [0.25, 0.3) is 0 Å². The molecule has 86 valence electrons. The molecule has 5 heteroatoms. The maximum Gasteiger partial charge on any atom is 0.138 e. The maximum atomic E-state index is 10.6. The lowest BCUT2D eigenvalue weighted by Gasteiger charge is -2.13. The van der Waals surface area contributed by atoms with Crippen molar-refractivity contribution in [1.29, 1.82) is 0 Å². The van der Waals surface area contributed by atoms with Crippen LogP contribution in [0.2, 0.25) is 0 Å². The van der Waals surface area contributed by atoms with Gasteiger partial charge in [0.15, 0.2) is 0 Å². The van der Waals surface area contributed by atoms with E-state index in [1.807, 2.05) is 30.3 Å². The molecule has 17 heavy (non-hydrogen) atoms. The summed E-state index contributed by atoms with van der Waals surface area (Å²) in [5, 5.41) is 12.9. The van der Waals surface area contributed by atoms with Crippen LogP contribution in [0.3, 0.4) is 0 Å². The monoisotopic (exact) mass is 291 g/mol. The highest BCUT2D eigenvalue weighted by Gasteiger charge is 2.08. The molecule has 2 rings (SSSR count). The summed E-state index contributed by atoms with van der Waals surface area (Å²) in [4.78, 5) is 14.7. The number of anilines is 1. The fraction of sp³-hybridized carbons (Fsp3) is 0. The molecule has 0 saturated heterocycles. The smallest absolute Gasteiger partial charge is 0.138 e. The Morgan fingerprint density at radius 2 is 1.94 bits per heavy atom. The molecule has 0 atom stereocenters. The minimum atomic E-state index is -1.35. The molecule has 0 unspecified atom stereocenters. The van der Waals surface area contributed by atoms with E-state index in [-0.39, 0.29) is 0 Å². The normalized spacial score (nSPS) is 9.94. The molecule has 2 aromatic rings. The van der Waals surface area contributed by atoms with E-state index < -0.39 is 6.09 Å². The number of hydrogen-bond donors (Lipinski definition) is 1. The van der Waals surface area contributed by atoms with Gasteiger partial charge in [-0.15, -0.1) is 0 Å². The number of carbonyl (C=O) groups excluding carboxylic acids is 1. The number of benzene rings is 1. The van der Waals surface area contributed by atoms with Crippen molar-refractivity contribution < 1.29 is 9.90 Å². The minimum absolute atomic E-state index is 0.436. The molecule has 0 fully saturated rings. The quantitative estimate of drug-likeness (QED) is 0.923. The molecular weight excluding hydrogens is 284 g/mol. The lowest BCUT2D eigenvalue weighted by molar-refractivity contribution is -0.242. The van der Waals surface area contributed by atoms with E-state index in [2.05, 4.69) is 26.2 Å². The van der Waals surface area contributed by atoms with E-state index >= 15 is 0 Å². The van der Waals surface area contributed by atoms with Gasteiger partial charge in [0.2, 0.25) is 0 Å². The number of nitrogens with one attached hydrogen (secondary N) is 1. The molecular formula is C12H8BrN2O2-. The summed E-state index contributed by atoms with van der Waals surface area (Å²) in [5.74, 6) is 0. The van der Waals surface area contributed by atoms with E-state index in [1.165, 1.54) is 6.20 Å². The average molecular weight is 292 g/mol. The standard InChI is InChI=1S/C12H9BrN2O2/c13-10-7-14-6-9(11(10)15-12(16)17)8-4-2-1-3-5-8/h1-7H,(H,14,15)(H,16,17)/p-1. The highest BCUT2D eigenvalue weighted by Crippen LogP contribution is 2.32. The van der Waals surface area contributed by atoms with Crippen molar-refractivity contribution >= 4 is 27.7 Å². The van der Waals surface area contributed by atoms with Gasteiger partial charge in [-0.1, -0.05) is 30.3 Å². The van der Waals surface area contributed by atoms with Crippen LogP contribution < -0.4 is 10.4 Å². The predicted octanol–water partition coefficient (Wildman–Crippen LogP) is 2.27. The second-order valence-electron chi connectivity index (χ2n) is 3.32. The number of rotatable bonds is 2. The van der Waals surface area contributed by atoms with E-state index in [9.17, 15) is 9.90 Å². The van der Waals surface area contributed by atoms with Crippen LogP contribution in [-0.4, -0.2) is 11.1 Å². The summed E-state index contributed by atoms with van der Waals surface area (Å²) < 4.78 is 0.572. The molecule has 4 nitrogen and oxygen atoms in total. The van der Waals surface area contributed by atoms with Crippen LogP contribution in [0.4, 0.5) is 10.5 Å². The molecule has 0 bridgehead atoms. The first-order chi connectivity index (χ1) is 8.18. The largest absolute Gasteiger partial charge is 0.530 e. The Morgan fingerprint density at radius 3 is 2.59 bits per heavy atom. The molecule has 1 amide bonds. The Balaban J connectivity index is 2.54.